The molecule has 0 aliphatic carbocycles. The Labute approximate surface area is 169 Å². The van der Waals surface area contributed by atoms with Crippen molar-refractivity contribution in [1.29, 1.82) is 0 Å². The van der Waals surface area contributed by atoms with Gasteiger partial charge in [0.25, 0.3) is 11.8 Å². The van der Waals surface area contributed by atoms with Gasteiger partial charge in [-0.2, -0.15) is 0 Å². The van der Waals surface area contributed by atoms with Crippen LogP contribution < -0.4 is 15.8 Å². The van der Waals surface area contributed by atoms with E-state index in [1.165, 1.54) is 25.6 Å². The molecule has 30 heavy (non-hydrogen) atoms. The van der Waals surface area contributed by atoms with Gasteiger partial charge in [-0.05, 0) is 32.0 Å². The Morgan fingerprint density at radius 2 is 1.83 bits per heavy atom. The van der Waals surface area contributed by atoms with Crippen LogP contribution >= 0.6 is 0 Å². The highest BCUT2D eigenvalue weighted by atomic mass is 19.3. The van der Waals surface area contributed by atoms with Crippen molar-refractivity contribution in [3.8, 4) is 5.75 Å². The third-order valence-corrected chi connectivity index (χ3v) is 4.96. The first-order valence-corrected chi connectivity index (χ1v) is 8.79. The molecule has 2 aromatic rings. The molecular weight excluding hydrogens is 406 g/mol. The number of carbonyl (C=O) groups excluding carboxylic acids is 1. The highest BCUT2D eigenvalue weighted by Gasteiger charge is 2.60. The number of carbonyl (C=O) groups is 1. The SMILES string of the molecule is COc1cnc(C(=O)Nc2ccc(F)c(C3(C)N=C(N)C(C)(F)CC3(F)F)c2)nc1. The number of aromatic nitrogens is 2. The lowest BCUT2D eigenvalue weighted by atomic mass is 9.77. The molecule has 2 unspecified atom stereocenters. The average Bonchev–Trinajstić information content (AvgIpc) is 2.67. The van der Waals surface area contributed by atoms with E-state index in [0.29, 0.717) is 5.75 Å². The van der Waals surface area contributed by atoms with Crippen LogP contribution in [0.1, 0.15) is 36.5 Å². The van der Waals surface area contributed by atoms with Gasteiger partial charge in [0.2, 0.25) is 5.82 Å². The second kappa shape index (κ2) is 7.22. The second-order valence-electron chi connectivity index (χ2n) is 7.24. The van der Waals surface area contributed by atoms with Crippen LogP contribution in [-0.4, -0.2) is 40.4 Å². The smallest absolute Gasteiger partial charge is 0.293 e. The van der Waals surface area contributed by atoms with Crippen LogP contribution in [0.25, 0.3) is 0 Å². The average molecular weight is 425 g/mol. The van der Waals surface area contributed by atoms with Crippen molar-refractivity contribution in [2.24, 2.45) is 10.7 Å². The molecule has 160 valence electrons. The Hall–Kier alpha value is -3.24. The third-order valence-electron chi connectivity index (χ3n) is 4.96. The summed E-state index contributed by atoms with van der Waals surface area (Å²) in [5.74, 6) is -6.05. The zero-order valence-corrected chi connectivity index (χ0v) is 16.3. The summed E-state index contributed by atoms with van der Waals surface area (Å²) in [6.45, 7) is 1.85. The van der Waals surface area contributed by atoms with Gasteiger partial charge in [-0.3, -0.25) is 9.79 Å². The van der Waals surface area contributed by atoms with Gasteiger partial charge in [0, 0.05) is 11.3 Å². The van der Waals surface area contributed by atoms with E-state index in [0.717, 1.165) is 26.0 Å². The van der Waals surface area contributed by atoms with Gasteiger partial charge >= 0.3 is 0 Å². The van der Waals surface area contributed by atoms with Crippen LogP contribution in [0.4, 0.5) is 23.2 Å². The van der Waals surface area contributed by atoms with Crippen molar-refractivity contribution in [2.45, 2.75) is 37.4 Å². The molecule has 2 heterocycles. The monoisotopic (exact) mass is 425 g/mol. The summed E-state index contributed by atoms with van der Waals surface area (Å²) >= 11 is 0. The molecule has 0 bridgehead atoms. The highest BCUT2D eigenvalue weighted by Crippen LogP contribution is 2.50. The van der Waals surface area contributed by atoms with E-state index in [2.05, 4.69) is 20.3 Å². The summed E-state index contributed by atoms with van der Waals surface area (Å²) in [5, 5.41) is 2.40. The molecule has 1 aliphatic heterocycles. The lowest BCUT2D eigenvalue weighted by Gasteiger charge is -2.42. The van der Waals surface area contributed by atoms with Gasteiger partial charge in [0.1, 0.15) is 11.7 Å². The molecule has 0 saturated carbocycles. The Balaban J connectivity index is 1.97. The molecule has 11 heteroatoms. The minimum absolute atomic E-state index is 0.00445. The molecule has 1 aliphatic rings. The molecule has 1 aromatic carbocycles. The summed E-state index contributed by atoms with van der Waals surface area (Å²) in [6.07, 6.45) is 1.28. The Bertz CT molecular complexity index is 1010. The van der Waals surface area contributed by atoms with Crippen LogP contribution in [0.2, 0.25) is 0 Å². The van der Waals surface area contributed by atoms with Crippen molar-refractivity contribution in [1.82, 2.24) is 9.97 Å². The minimum Gasteiger partial charge on any atom is -0.494 e. The number of nitrogens with two attached hydrogens (primary N) is 1. The maximum absolute atomic E-state index is 14.8. The van der Waals surface area contributed by atoms with Crippen molar-refractivity contribution in [3.05, 3.63) is 47.8 Å². The number of hydrogen-bond acceptors (Lipinski definition) is 6. The van der Waals surface area contributed by atoms with E-state index in [1.54, 1.807) is 0 Å². The van der Waals surface area contributed by atoms with E-state index in [4.69, 9.17) is 10.5 Å². The first-order chi connectivity index (χ1) is 13.9. The van der Waals surface area contributed by atoms with Gasteiger partial charge < -0.3 is 15.8 Å². The zero-order valence-electron chi connectivity index (χ0n) is 16.3. The van der Waals surface area contributed by atoms with Gasteiger partial charge in [-0.1, -0.05) is 0 Å². The molecule has 2 atom stereocenters. The lowest BCUT2D eigenvalue weighted by Crippen LogP contribution is -2.56. The number of anilines is 1. The number of ether oxygens (including phenoxy) is 1. The van der Waals surface area contributed by atoms with Gasteiger partial charge in [0.15, 0.2) is 17.0 Å². The quantitative estimate of drug-likeness (QED) is 0.733. The summed E-state index contributed by atoms with van der Waals surface area (Å²) in [5.41, 5.74) is -0.00775. The maximum atomic E-state index is 14.8. The minimum atomic E-state index is -3.75. The normalized spacial score (nSPS) is 25.4. The predicted molar refractivity (Wildman–Crippen MR) is 101 cm³/mol. The van der Waals surface area contributed by atoms with Crippen LogP contribution in [0, 0.1) is 5.82 Å². The lowest BCUT2D eigenvalue weighted by molar-refractivity contribution is -0.106. The summed E-state index contributed by atoms with van der Waals surface area (Å²) in [7, 11) is 1.40. The standard InChI is InChI=1S/C19H19F4N5O2/c1-17(21)9-19(22,23)18(2,28-16(17)24)12-6-10(4-5-13(12)20)27-15(29)14-25-7-11(30-3)8-26-14/h4-8H,9H2,1-3H3,(H2,24,28)(H,27,29). The maximum Gasteiger partial charge on any atom is 0.293 e. The van der Waals surface area contributed by atoms with Gasteiger partial charge in [-0.15, -0.1) is 0 Å². The molecule has 3 N–H and O–H groups in total. The first kappa shape index (κ1) is 21.5. The number of halogens is 4. The molecule has 0 saturated heterocycles. The Morgan fingerprint density at radius 1 is 1.20 bits per heavy atom. The van der Waals surface area contributed by atoms with Crippen molar-refractivity contribution in [2.75, 3.05) is 12.4 Å². The number of amides is 1. The Morgan fingerprint density at radius 3 is 2.43 bits per heavy atom. The molecule has 0 radical (unpaired) electrons. The Kier molecular flexibility index (Phi) is 5.17. The predicted octanol–water partition coefficient (Wildman–Crippen LogP) is 3.22. The number of methoxy groups -OCH3 is 1. The fourth-order valence-electron chi connectivity index (χ4n) is 3.08. The molecule has 0 spiro atoms. The number of hydrogen-bond donors (Lipinski definition) is 2. The van der Waals surface area contributed by atoms with Crippen LogP contribution in [0.3, 0.4) is 0 Å². The highest BCUT2D eigenvalue weighted by molar-refractivity contribution is 6.01. The molecular formula is C19H19F4N5O2. The third kappa shape index (κ3) is 3.66. The number of amidine groups is 1. The molecule has 1 amide bonds. The summed E-state index contributed by atoms with van der Waals surface area (Å²) < 4.78 is 63.4. The number of benzene rings is 1. The largest absolute Gasteiger partial charge is 0.494 e. The van der Waals surface area contributed by atoms with E-state index in [1.807, 2.05) is 0 Å². The van der Waals surface area contributed by atoms with E-state index >= 15 is 0 Å². The van der Waals surface area contributed by atoms with E-state index < -0.39 is 46.7 Å². The number of nitrogens with zero attached hydrogens (tertiary/aromatic N) is 3. The van der Waals surface area contributed by atoms with Crippen LogP contribution in [-0.2, 0) is 5.54 Å². The second-order valence-corrected chi connectivity index (χ2v) is 7.24. The topological polar surface area (TPSA) is 102 Å². The first-order valence-electron chi connectivity index (χ1n) is 8.79. The number of nitrogens with one attached hydrogen (secondary N) is 1. The number of aliphatic imine (C=N–C) groups is 1. The number of alkyl halides is 3. The van der Waals surface area contributed by atoms with Crippen molar-refractivity contribution >= 4 is 17.4 Å². The van der Waals surface area contributed by atoms with Crippen molar-refractivity contribution < 1.29 is 27.1 Å². The molecule has 0 fully saturated rings. The zero-order chi connectivity index (χ0) is 22.3. The summed E-state index contributed by atoms with van der Waals surface area (Å²) in [6, 6.07) is 3.08. The van der Waals surface area contributed by atoms with Crippen LogP contribution in [0.5, 0.6) is 5.75 Å². The molecule has 7 nitrogen and oxygen atoms in total. The molecule has 3 rings (SSSR count). The van der Waals surface area contributed by atoms with Gasteiger partial charge in [0.05, 0.1) is 25.9 Å². The van der Waals surface area contributed by atoms with Crippen molar-refractivity contribution in [3.63, 3.8) is 0 Å². The fraction of sp³-hybridized carbons (Fsp3) is 0.368. The fourth-order valence-corrected chi connectivity index (χ4v) is 3.08. The van der Waals surface area contributed by atoms with E-state index in [9.17, 15) is 22.4 Å². The van der Waals surface area contributed by atoms with E-state index in [-0.39, 0.29) is 11.5 Å². The molecule has 1 aromatic heterocycles. The van der Waals surface area contributed by atoms with Gasteiger partial charge in [-0.25, -0.2) is 27.5 Å². The summed E-state index contributed by atoms with van der Waals surface area (Å²) in [4.78, 5) is 23.6. The van der Waals surface area contributed by atoms with Crippen LogP contribution in [0.15, 0.2) is 35.6 Å². The number of rotatable bonds is 4.